The summed E-state index contributed by atoms with van der Waals surface area (Å²) in [6.45, 7) is 1.98. The van der Waals surface area contributed by atoms with Crippen LogP contribution in [0.5, 0.6) is 0 Å². The van der Waals surface area contributed by atoms with Crippen LogP contribution in [0.3, 0.4) is 0 Å². The molecule has 0 radical (unpaired) electrons. The molecular formula is C11H17N3O2S. The average molecular weight is 255 g/mol. The summed E-state index contributed by atoms with van der Waals surface area (Å²) in [5, 5.41) is 5.10. The van der Waals surface area contributed by atoms with Gasteiger partial charge < -0.3 is 15.8 Å². The van der Waals surface area contributed by atoms with Crippen molar-refractivity contribution in [3.05, 3.63) is 11.1 Å². The fraction of sp³-hybridized carbons (Fsp3) is 0.636. The molecular weight excluding hydrogens is 238 g/mol. The van der Waals surface area contributed by atoms with Gasteiger partial charge >= 0.3 is 0 Å². The first-order chi connectivity index (χ1) is 8.24. The van der Waals surface area contributed by atoms with E-state index >= 15 is 0 Å². The summed E-state index contributed by atoms with van der Waals surface area (Å²) in [6, 6.07) is 0. The van der Waals surface area contributed by atoms with Gasteiger partial charge in [0.15, 0.2) is 5.13 Å². The molecule has 1 aromatic heterocycles. The van der Waals surface area contributed by atoms with Crippen molar-refractivity contribution >= 4 is 22.4 Å². The maximum absolute atomic E-state index is 11.5. The minimum Gasteiger partial charge on any atom is -0.379 e. The summed E-state index contributed by atoms with van der Waals surface area (Å²) in [6.07, 6.45) is 2.87. The number of carbonyl (C=O) groups excluding carboxylic acids is 1. The molecule has 17 heavy (non-hydrogen) atoms. The van der Waals surface area contributed by atoms with Gasteiger partial charge in [-0.3, -0.25) is 4.79 Å². The second-order valence-corrected chi connectivity index (χ2v) is 5.11. The van der Waals surface area contributed by atoms with Crippen LogP contribution in [0.15, 0.2) is 5.38 Å². The van der Waals surface area contributed by atoms with E-state index < -0.39 is 0 Å². The van der Waals surface area contributed by atoms with Gasteiger partial charge in [0.1, 0.15) is 0 Å². The molecule has 2 rings (SSSR count). The normalized spacial score (nSPS) is 14.8. The lowest BCUT2D eigenvalue weighted by Gasteiger charge is -2.04. The number of hydrogen-bond donors (Lipinski definition) is 2. The Morgan fingerprint density at radius 3 is 3.12 bits per heavy atom. The third kappa shape index (κ3) is 4.70. The predicted octanol–water partition coefficient (Wildman–Crippen LogP) is 0.811. The van der Waals surface area contributed by atoms with Crippen LogP contribution in [0.25, 0.3) is 0 Å². The molecule has 1 aliphatic rings. The SMILES string of the molecule is Nc1nc(CC(=O)NCCOCC2CC2)cs1. The lowest BCUT2D eigenvalue weighted by atomic mass is 10.3. The smallest absolute Gasteiger partial charge is 0.226 e. The van der Waals surface area contributed by atoms with Crippen LogP contribution in [0, 0.1) is 5.92 Å². The molecule has 6 heteroatoms. The number of rotatable bonds is 7. The Morgan fingerprint density at radius 2 is 2.47 bits per heavy atom. The Labute approximate surface area is 104 Å². The number of nitrogens with zero attached hydrogens (tertiary/aromatic N) is 1. The highest BCUT2D eigenvalue weighted by Gasteiger charge is 2.20. The van der Waals surface area contributed by atoms with E-state index in [4.69, 9.17) is 10.5 Å². The Morgan fingerprint density at radius 1 is 1.65 bits per heavy atom. The Kier molecular flexibility index (Phi) is 4.33. The van der Waals surface area contributed by atoms with Gasteiger partial charge in [0.05, 0.1) is 18.7 Å². The summed E-state index contributed by atoms with van der Waals surface area (Å²) in [7, 11) is 0. The number of nitrogens with two attached hydrogens (primary N) is 1. The molecule has 0 bridgehead atoms. The van der Waals surface area contributed by atoms with Gasteiger partial charge in [0.2, 0.25) is 5.91 Å². The van der Waals surface area contributed by atoms with E-state index in [1.807, 2.05) is 0 Å². The molecule has 0 aliphatic heterocycles. The highest BCUT2D eigenvalue weighted by Crippen LogP contribution is 2.28. The zero-order valence-corrected chi connectivity index (χ0v) is 10.5. The van der Waals surface area contributed by atoms with E-state index in [0.717, 1.165) is 18.2 Å². The quantitative estimate of drug-likeness (QED) is 0.707. The summed E-state index contributed by atoms with van der Waals surface area (Å²) in [5.41, 5.74) is 6.21. The largest absolute Gasteiger partial charge is 0.379 e. The lowest BCUT2D eigenvalue weighted by Crippen LogP contribution is -2.28. The average Bonchev–Trinajstić information content (AvgIpc) is 3.02. The minimum absolute atomic E-state index is 0.0367. The number of anilines is 1. The topological polar surface area (TPSA) is 77.2 Å². The Hall–Kier alpha value is -1.14. The number of carbonyl (C=O) groups is 1. The van der Waals surface area contributed by atoms with Crippen LogP contribution >= 0.6 is 11.3 Å². The first-order valence-corrected chi connectivity index (χ1v) is 6.66. The number of ether oxygens (including phenoxy) is 1. The van der Waals surface area contributed by atoms with Crippen molar-refractivity contribution in [3.63, 3.8) is 0 Å². The third-order valence-electron chi connectivity index (χ3n) is 2.53. The Balaban J connectivity index is 1.54. The van der Waals surface area contributed by atoms with Crippen LogP contribution in [0.4, 0.5) is 5.13 Å². The van der Waals surface area contributed by atoms with Crippen LogP contribution in [0.1, 0.15) is 18.5 Å². The molecule has 0 atom stereocenters. The van der Waals surface area contributed by atoms with Crippen molar-refractivity contribution in [2.24, 2.45) is 5.92 Å². The van der Waals surface area contributed by atoms with E-state index in [1.165, 1.54) is 24.2 Å². The number of nitrogen functional groups attached to an aromatic ring is 1. The number of nitrogens with one attached hydrogen (secondary N) is 1. The highest BCUT2D eigenvalue weighted by atomic mass is 32.1. The van der Waals surface area contributed by atoms with Crippen molar-refractivity contribution in [1.29, 1.82) is 0 Å². The van der Waals surface area contributed by atoms with E-state index in [1.54, 1.807) is 5.38 Å². The second kappa shape index (κ2) is 5.97. The van der Waals surface area contributed by atoms with Crippen LogP contribution in [0.2, 0.25) is 0 Å². The van der Waals surface area contributed by atoms with E-state index in [9.17, 15) is 4.79 Å². The zero-order valence-electron chi connectivity index (χ0n) is 9.65. The molecule has 5 nitrogen and oxygen atoms in total. The zero-order chi connectivity index (χ0) is 12.1. The van der Waals surface area contributed by atoms with Crippen molar-refractivity contribution in [1.82, 2.24) is 10.3 Å². The van der Waals surface area contributed by atoms with Crippen LogP contribution < -0.4 is 11.1 Å². The first-order valence-electron chi connectivity index (χ1n) is 5.78. The van der Waals surface area contributed by atoms with E-state index in [2.05, 4.69) is 10.3 Å². The molecule has 1 aromatic rings. The summed E-state index contributed by atoms with van der Waals surface area (Å²) >= 11 is 1.35. The number of hydrogen-bond acceptors (Lipinski definition) is 5. The fourth-order valence-electron chi connectivity index (χ4n) is 1.43. The summed E-state index contributed by atoms with van der Waals surface area (Å²) < 4.78 is 5.41. The van der Waals surface area contributed by atoms with Crippen LogP contribution in [-0.2, 0) is 16.0 Å². The number of thiazole rings is 1. The first kappa shape index (κ1) is 12.3. The molecule has 1 aliphatic carbocycles. The molecule has 1 fully saturated rings. The van der Waals surface area contributed by atoms with Gasteiger partial charge in [-0.25, -0.2) is 4.98 Å². The van der Waals surface area contributed by atoms with Crippen LogP contribution in [-0.4, -0.2) is 30.6 Å². The van der Waals surface area contributed by atoms with Crippen molar-refractivity contribution < 1.29 is 9.53 Å². The second-order valence-electron chi connectivity index (χ2n) is 4.22. The van der Waals surface area contributed by atoms with Gasteiger partial charge in [-0.05, 0) is 18.8 Å². The summed E-state index contributed by atoms with van der Waals surface area (Å²) in [5.74, 6) is 0.731. The summed E-state index contributed by atoms with van der Waals surface area (Å²) in [4.78, 5) is 15.5. The molecule has 1 amide bonds. The maximum Gasteiger partial charge on any atom is 0.226 e. The number of aromatic nitrogens is 1. The third-order valence-corrected chi connectivity index (χ3v) is 3.25. The van der Waals surface area contributed by atoms with Crippen molar-refractivity contribution in [3.8, 4) is 0 Å². The maximum atomic E-state index is 11.5. The lowest BCUT2D eigenvalue weighted by molar-refractivity contribution is -0.120. The number of amides is 1. The molecule has 0 aromatic carbocycles. The van der Waals surface area contributed by atoms with Gasteiger partial charge in [0, 0.05) is 18.5 Å². The molecule has 0 saturated heterocycles. The van der Waals surface area contributed by atoms with Crippen molar-refractivity contribution in [2.75, 3.05) is 25.5 Å². The minimum atomic E-state index is -0.0367. The predicted molar refractivity (Wildman–Crippen MR) is 66.8 cm³/mol. The van der Waals surface area contributed by atoms with Gasteiger partial charge in [-0.1, -0.05) is 0 Å². The molecule has 3 N–H and O–H groups in total. The molecule has 0 spiro atoms. The molecule has 1 saturated carbocycles. The standard InChI is InChI=1S/C11H17N3O2S/c12-11-14-9(7-17-11)5-10(15)13-3-4-16-6-8-1-2-8/h7-8H,1-6H2,(H2,12,14)(H,13,15). The van der Waals surface area contributed by atoms with Gasteiger partial charge in [-0.2, -0.15) is 0 Å². The molecule has 94 valence electrons. The monoisotopic (exact) mass is 255 g/mol. The van der Waals surface area contributed by atoms with Crippen molar-refractivity contribution in [2.45, 2.75) is 19.3 Å². The molecule has 0 unspecified atom stereocenters. The van der Waals surface area contributed by atoms with E-state index in [0.29, 0.717) is 18.3 Å². The molecule has 1 heterocycles. The highest BCUT2D eigenvalue weighted by molar-refractivity contribution is 7.13. The fourth-order valence-corrected chi connectivity index (χ4v) is 1.99. The van der Waals surface area contributed by atoms with Gasteiger partial charge in [0.25, 0.3) is 0 Å². The Bertz CT molecular complexity index is 377. The van der Waals surface area contributed by atoms with Gasteiger partial charge in [-0.15, -0.1) is 11.3 Å². The van der Waals surface area contributed by atoms with E-state index in [-0.39, 0.29) is 12.3 Å².